The van der Waals surface area contributed by atoms with Crippen LogP contribution in [0.1, 0.15) is 26.7 Å². The summed E-state index contributed by atoms with van der Waals surface area (Å²) in [7, 11) is 0. The first-order chi connectivity index (χ1) is 7.26. The number of likely N-dealkylation sites (N-methyl/N-ethyl adjacent to an activating group) is 1. The molecule has 1 aliphatic carbocycles. The lowest BCUT2D eigenvalue weighted by atomic mass is 10.1. The SMILES string of the molecule is CCN1CCN(C(CN)C2CC2)CC1C. The summed E-state index contributed by atoms with van der Waals surface area (Å²) in [5.41, 5.74) is 5.90. The first kappa shape index (κ1) is 11.4. The van der Waals surface area contributed by atoms with Crippen LogP contribution in [-0.2, 0) is 0 Å². The van der Waals surface area contributed by atoms with E-state index in [4.69, 9.17) is 5.73 Å². The standard InChI is InChI=1S/C12H25N3/c1-3-14-6-7-15(9-10(14)2)12(8-13)11-4-5-11/h10-12H,3-9,13H2,1-2H3. The summed E-state index contributed by atoms with van der Waals surface area (Å²) in [5, 5.41) is 0. The zero-order valence-electron chi connectivity index (χ0n) is 10.2. The molecule has 2 unspecified atom stereocenters. The van der Waals surface area contributed by atoms with Crippen LogP contribution in [0.15, 0.2) is 0 Å². The third-order valence-electron chi connectivity index (χ3n) is 4.08. The molecule has 2 N–H and O–H groups in total. The summed E-state index contributed by atoms with van der Waals surface area (Å²) in [6.45, 7) is 10.3. The zero-order chi connectivity index (χ0) is 10.8. The van der Waals surface area contributed by atoms with Gasteiger partial charge in [-0.15, -0.1) is 0 Å². The summed E-state index contributed by atoms with van der Waals surface area (Å²) in [5.74, 6) is 0.912. The van der Waals surface area contributed by atoms with Gasteiger partial charge < -0.3 is 5.73 Å². The molecule has 1 heterocycles. The summed E-state index contributed by atoms with van der Waals surface area (Å²) in [6, 6.07) is 1.38. The molecule has 3 heteroatoms. The Bertz CT molecular complexity index is 203. The molecule has 2 rings (SSSR count). The minimum absolute atomic E-state index is 0.673. The molecule has 0 aromatic heterocycles. The first-order valence-corrected chi connectivity index (χ1v) is 6.44. The van der Waals surface area contributed by atoms with E-state index in [0.29, 0.717) is 12.1 Å². The second-order valence-corrected chi connectivity index (χ2v) is 5.11. The Kier molecular flexibility index (Phi) is 3.65. The van der Waals surface area contributed by atoms with E-state index in [9.17, 15) is 0 Å². The monoisotopic (exact) mass is 211 g/mol. The van der Waals surface area contributed by atoms with Crippen molar-refractivity contribution >= 4 is 0 Å². The molecule has 0 aromatic carbocycles. The van der Waals surface area contributed by atoms with E-state index in [2.05, 4.69) is 23.6 Å². The average molecular weight is 211 g/mol. The van der Waals surface area contributed by atoms with Crippen molar-refractivity contribution in [3.63, 3.8) is 0 Å². The van der Waals surface area contributed by atoms with Gasteiger partial charge in [-0.05, 0) is 32.2 Å². The van der Waals surface area contributed by atoms with Crippen molar-refractivity contribution in [1.29, 1.82) is 0 Å². The Hall–Kier alpha value is -0.120. The molecule has 1 aliphatic heterocycles. The van der Waals surface area contributed by atoms with Crippen LogP contribution in [0, 0.1) is 5.92 Å². The summed E-state index contributed by atoms with van der Waals surface area (Å²) < 4.78 is 0. The predicted octanol–water partition coefficient (Wildman–Crippen LogP) is 0.750. The summed E-state index contributed by atoms with van der Waals surface area (Å²) in [4.78, 5) is 5.20. The number of nitrogens with two attached hydrogens (primary N) is 1. The third kappa shape index (κ3) is 2.52. The largest absolute Gasteiger partial charge is 0.329 e. The average Bonchev–Trinajstić information content (AvgIpc) is 3.03. The highest BCUT2D eigenvalue weighted by atomic mass is 15.3. The van der Waals surface area contributed by atoms with E-state index >= 15 is 0 Å². The zero-order valence-corrected chi connectivity index (χ0v) is 10.2. The maximum atomic E-state index is 5.90. The second kappa shape index (κ2) is 4.81. The topological polar surface area (TPSA) is 32.5 Å². The molecule has 3 nitrogen and oxygen atoms in total. The molecule has 0 spiro atoms. The van der Waals surface area contributed by atoms with Gasteiger partial charge in [0, 0.05) is 38.3 Å². The molecule has 0 bridgehead atoms. The fourth-order valence-corrected chi connectivity index (χ4v) is 2.92. The minimum atomic E-state index is 0.673. The smallest absolute Gasteiger partial charge is 0.0247 e. The van der Waals surface area contributed by atoms with Crippen molar-refractivity contribution < 1.29 is 0 Å². The van der Waals surface area contributed by atoms with E-state index in [0.717, 1.165) is 12.5 Å². The Morgan fingerprint density at radius 2 is 2.07 bits per heavy atom. The molecule has 88 valence electrons. The van der Waals surface area contributed by atoms with E-state index < -0.39 is 0 Å². The van der Waals surface area contributed by atoms with Gasteiger partial charge in [-0.3, -0.25) is 9.80 Å². The molecule has 15 heavy (non-hydrogen) atoms. The molecule has 0 amide bonds. The van der Waals surface area contributed by atoms with Crippen LogP contribution in [0.2, 0.25) is 0 Å². The highest BCUT2D eigenvalue weighted by molar-refractivity contribution is 4.92. The van der Waals surface area contributed by atoms with E-state index in [1.165, 1.54) is 39.0 Å². The van der Waals surface area contributed by atoms with Gasteiger partial charge in [0.2, 0.25) is 0 Å². The van der Waals surface area contributed by atoms with E-state index in [1.807, 2.05) is 0 Å². The van der Waals surface area contributed by atoms with E-state index in [-0.39, 0.29) is 0 Å². The van der Waals surface area contributed by atoms with Crippen LogP contribution in [0.5, 0.6) is 0 Å². The van der Waals surface area contributed by atoms with E-state index in [1.54, 1.807) is 0 Å². The van der Waals surface area contributed by atoms with Crippen molar-refractivity contribution in [3.05, 3.63) is 0 Å². The molecule has 1 saturated carbocycles. The van der Waals surface area contributed by atoms with Gasteiger partial charge in [0.25, 0.3) is 0 Å². The summed E-state index contributed by atoms with van der Waals surface area (Å²) >= 11 is 0. The normalized spacial score (nSPS) is 31.8. The second-order valence-electron chi connectivity index (χ2n) is 5.11. The van der Waals surface area contributed by atoms with Crippen molar-refractivity contribution in [2.75, 3.05) is 32.7 Å². The molecular formula is C12H25N3. The number of piperazine rings is 1. The van der Waals surface area contributed by atoms with Gasteiger partial charge in [0.05, 0.1) is 0 Å². The van der Waals surface area contributed by atoms with Gasteiger partial charge in [-0.2, -0.15) is 0 Å². The third-order valence-corrected chi connectivity index (χ3v) is 4.08. The Morgan fingerprint density at radius 3 is 2.53 bits per heavy atom. The molecule has 2 fully saturated rings. The van der Waals surface area contributed by atoms with Crippen molar-refractivity contribution in [2.24, 2.45) is 11.7 Å². The highest BCUT2D eigenvalue weighted by Crippen LogP contribution is 2.35. The molecule has 2 aliphatic rings. The van der Waals surface area contributed by atoms with Crippen LogP contribution in [0.25, 0.3) is 0 Å². The van der Waals surface area contributed by atoms with Gasteiger partial charge in [0.15, 0.2) is 0 Å². The molecular weight excluding hydrogens is 186 g/mol. The highest BCUT2D eigenvalue weighted by Gasteiger charge is 2.36. The van der Waals surface area contributed by atoms with Gasteiger partial charge >= 0.3 is 0 Å². The molecule has 0 aromatic rings. The lowest BCUT2D eigenvalue weighted by Crippen LogP contribution is -2.56. The van der Waals surface area contributed by atoms with Crippen LogP contribution < -0.4 is 5.73 Å². The Balaban J connectivity index is 1.88. The molecule has 0 radical (unpaired) electrons. The maximum absolute atomic E-state index is 5.90. The summed E-state index contributed by atoms with van der Waals surface area (Å²) in [6.07, 6.45) is 2.81. The van der Waals surface area contributed by atoms with Gasteiger partial charge in [-0.25, -0.2) is 0 Å². The predicted molar refractivity (Wildman–Crippen MR) is 63.8 cm³/mol. The lowest BCUT2D eigenvalue weighted by molar-refractivity contribution is 0.0543. The number of hydrogen-bond donors (Lipinski definition) is 1. The number of hydrogen-bond acceptors (Lipinski definition) is 3. The van der Waals surface area contributed by atoms with Gasteiger partial charge in [0.1, 0.15) is 0 Å². The van der Waals surface area contributed by atoms with Crippen LogP contribution >= 0.6 is 0 Å². The Labute approximate surface area is 93.6 Å². The van der Waals surface area contributed by atoms with Crippen LogP contribution in [0.4, 0.5) is 0 Å². The Morgan fingerprint density at radius 1 is 1.33 bits per heavy atom. The van der Waals surface area contributed by atoms with Gasteiger partial charge in [-0.1, -0.05) is 6.92 Å². The van der Waals surface area contributed by atoms with Crippen LogP contribution in [0.3, 0.4) is 0 Å². The quantitative estimate of drug-likeness (QED) is 0.745. The fraction of sp³-hybridized carbons (Fsp3) is 1.00. The molecule has 2 atom stereocenters. The van der Waals surface area contributed by atoms with Crippen molar-refractivity contribution in [2.45, 2.75) is 38.8 Å². The minimum Gasteiger partial charge on any atom is -0.329 e. The maximum Gasteiger partial charge on any atom is 0.0247 e. The molecule has 1 saturated heterocycles. The van der Waals surface area contributed by atoms with Crippen LogP contribution in [-0.4, -0.2) is 54.6 Å². The number of rotatable bonds is 4. The first-order valence-electron chi connectivity index (χ1n) is 6.44. The van der Waals surface area contributed by atoms with Crippen molar-refractivity contribution in [1.82, 2.24) is 9.80 Å². The van der Waals surface area contributed by atoms with Crippen molar-refractivity contribution in [3.8, 4) is 0 Å². The fourth-order valence-electron chi connectivity index (χ4n) is 2.92. The number of nitrogens with zero attached hydrogens (tertiary/aromatic N) is 2. The lowest BCUT2D eigenvalue weighted by Gasteiger charge is -2.43.